The monoisotopic (exact) mass is 350 g/mol. The molecule has 2 heterocycles. The summed E-state index contributed by atoms with van der Waals surface area (Å²) >= 11 is 3.56. The van der Waals surface area contributed by atoms with Crippen molar-refractivity contribution in [2.75, 3.05) is 19.5 Å². The van der Waals surface area contributed by atoms with Crippen molar-refractivity contribution in [1.29, 1.82) is 0 Å². The van der Waals surface area contributed by atoms with Gasteiger partial charge in [0.1, 0.15) is 11.6 Å². The minimum Gasteiger partial charge on any atom is -0.481 e. The van der Waals surface area contributed by atoms with Crippen LogP contribution in [-0.4, -0.2) is 29.1 Å². The van der Waals surface area contributed by atoms with E-state index in [9.17, 15) is 0 Å². The number of rotatable bonds is 5. The molecule has 0 spiro atoms. The number of nitrogens with one attached hydrogen (secondary N) is 1. The highest BCUT2D eigenvalue weighted by Gasteiger charge is 2.14. The molecule has 0 bridgehead atoms. The number of halogens is 1. The van der Waals surface area contributed by atoms with Crippen molar-refractivity contribution in [1.82, 2.24) is 15.0 Å². The number of aromatic nitrogens is 3. The van der Waals surface area contributed by atoms with Gasteiger partial charge in [0.2, 0.25) is 5.88 Å². The normalized spacial score (nSPS) is 10.8. The van der Waals surface area contributed by atoms with Gasteiger partial charge in [0, 0.05) is 25.7 Å². The van der Waals surface area contributed by atoms with Crippen molar-refractivity contribution >= 4 is 21.7 Å². The minimum absolute atomic E-state index is 0.321. The molecule has 21 heavy (non-hydrogen) atoms. The molecular weight excluding hydrogens is 332 g/mol. The van der Waals surface area contributed by atoms with Crippen LogP contribution >= 0.6 is 15.9 Å². The zero-order chi connectivity index (χ0) is 15.4. The second kappa shape index (κ2) is 6.85. The van der Waals surface area contributed by atoms with Crippen molar-refractivity contribution in [3.8, 4) is 5.88 Å². The van der Waals surface area contributed by atoms with E-state index in [-0.39, 0.29) is 0 Å². The highest BCUT2D eigenvalue weighted by molar-refractivity contribution is 9.10. The van der Waals surface area contributed by atoms with Crippen molar-refractivity contribution in [2.24, 2.45) is 0 Å². The summed E-state index contributed by atoms with van der Waals surface area (Å²) in [5, 5.41) is 3.10. The second-order valence-corrected chi connectivity index (χ2v) is 5.77. The van der Waals surface area contributed by atoms with Gasteiger partial charge in [-0.2, -0.15) is 0 Å². The van der Waals surface area contributed by atoms with E-state index in [2.05, 4.69) is 50.0 Å². The average molecular weight is 351 g/mol. The van der Waals surface area contributed by atoms with Crippen molar-refractivity contribution < 1.29 is 4.74 Å². The van der Waals surface area contributed by atoms with Gasteiger partial charge in [-0.15, -0.1) is 0 Å². The van der Waals surface area contributed by atoms with Crippen LogP contribution in [0.1, 0.15) is 36.8 Å². The number of anilines is 1. The fraction of sp³-hybridized carbons (Fsp3) is 0.400. The third-order valence-electron chi connectivity index (χ3n) is 3.08. The van der Waals surface area contributed by atoms with Crippen LogP contribution in [0.5, 0.6) is 5.88 Å². The van der Waals surface area contributed by atoms with Crippen LogP contribution in [0.3, 0.4) is 0 Å². The van der Waals surface area contributed by atoms with Gasteiger partial charge in [0.25, 0.3) is 0 Å². The van der Waals surface area contributed by atoms with E-state index in [0.717, 1.165) is 27.4 Å². The Morgan fingerprint density at radius 2 is 2.05 bits per heavy atom. The summed E-state index contributed by atoms with van der Waals surface area (Å²) in [7, 11) is 3.46. The van der Waals surface area contributed by atoms with Gasteiger partial charge < -0.3 is 10.1 Å². The standard InChI is InChI=1S/C15H19BrN4O/c1-9(2)14-13(16)15(17-3)20-11(19-14)7-10-5-6-12(21-4)18-8-10/h5-6,8-9H,7H2,1-4H3,(H,17,19,20). The van der Waals surface area contributed by atoms with Crippen LogP contribution < -0.4 is 10.1 Å². The predicted molar refractivity (Wildman–Crippen MR) is 87.0 cm³/mol. The minimum atomic E-state index is 0.321. The highest BCUT2D eigenvalue weighted by Crippen LogP contribution is 2.29. The first-order chi connectivity index (χ1) is 10.0. The summed E-state index contributed by atoms with van der Waals surface area (Å²) in [6.45, 7) is 4.23. The lowest BCUT2D eigenvalue weighted by Crippen LogP contribution is -2.07. The Bertz CT molecular complexity index is 614. The topological polar surface area (TPSA) is 59.9 Å². The summed E-state index contributed by atoms with van der Waals surface area (Å²) in [5.41, 5.74) is 2.06. The molecule has 2 aromatic rings. The third-order valence-corrected chi connectivity index (χ3v) is 3.86. The number of pyridine rings is 1. The van der Waals surface area contributed by atoms with Gasteiger partial charge in [-0.3, -0.25) is 0 Å². The average Bonchev–Trinajstić information content (AvgIpc) is 2.49. The molecule has 0 saturated carbocycles. The zero-order valence-electron chi connectivity index (χ0n) is 12.6. The fourth-order valence-corrected chi connectivity index (χ4v) is 2.79. The molecular formula is C15H19BrN4O. The molecule has 0 amide bonds. The molecule has 1 N–H and O–H groups in total. The maximum Gasteiger partial charge on any atom is 0.212 e. The summed E-state index contributed by atoms with van der Waals surface area (Å²) in [6, 6.07) is 3.82. The molecule has 0 aromatic carbocycles. The maximum absolute atomic E-state index is 5.06. The Labute approximate surface area is 133 Å². The van der Waals surface area contributed by atoms with Crippen LogP contribution in [0, 0.1) is 0 Å². The Morgan fingerprint density at radius 1 is 1.29 bits per heavy atom. The van der Waals surface area contributed by atoms with Crippen molar-refractivity contribution in [3.63, 3.8) is 0 Å². The van der Waals surface area contributed by atoms with E-state index < -0.39 is 0 Å². The van der Waals surface area contributed by atoms with Gasteiger partial charge in [0.15, 0.2) is 0 Å². The molecule has 0 radical (unpaired) electrons. The predicted octanol–water partition coefficient (Wildman–Crippen LogP) is 3.40. The van der Waals surface area contributed by atoms with Crippen LogP contribution in [-0.2, 0) is 6.42 Å². The Hall–Kier alpha value is -1.69. The van der Waals surface area contributed by atoms with E-state index >= 15 is 0 Å². The van der Waals surface area contributed by atoms with E-state index in [1.165, 1.54) is 0 Å². The summed E-state index contributed by atoms with van der Waals surface area (Å²) in [4.78, 5) is 13.4. The second-order valence-electron chi connectivity index (χ2n) is 4.98. The van der Waals surface area contributed by atoms with Gasteiger partial charge >= 0.3 is 0 Å². The summed E-state index contributed by atoms with van der Waals surface area (Å²) in [6.07, 6.45) is 2.43. The third kappa shape index (κ3) is 3.69. The van der Waals surface area contributed by atoms with Crippen molar-refractivity contribution in [2.45, 2.75) is 26.2 Å². The smallest absolute Gasteiger partial charge is 0.212 e. The first-order valence-corrected chi connectivity index (χ1v) is 7.57. The van der Waals surface area contributed by atoms with Crippen LogP contribution in [0.2, 0.25) is 0 Å². The van der Waals surface area contributed by atoms with Crippen LogP contribution in [0.4, 0.5) is 5.82 Å². The summed E-state index contributed by atoms with van der Waals surface area (Å²) < 4.78 is 5.99. The largest absolute Gasteiger partial charge is 0.481 e. The first kappa shape index (κ1) is 15.7. The van der Waals surface area contributed by atoms with Gasteiger partial charge in [0.05, 0.1) is 17.3 Å². The Balaban J connectivity index is 2.32. The van der Waals surface area contributed by atoms with Crippen LogP contribution in [0.25, 0.3) is 0 Å². The van der Waals surface area contributed by atoms with Gasteiger partial charge in [-0.1, -0.05) is 19.9 Å². The van der Waals surface area contributed by atoms with Gasteiger partial charge in [-0.05, 0) is 27.4 Å². The highest BCUT2D eigenvalue weighted by atomic mass is 79.9. The maximum atomic E-state index is 5.06. The molecule has 2 rings (SSSR count). The van der Waals surface area contributed by atoms with E-state index in [1.807, 2.05) is 19.2 Å². The first-order valence-electron chi connectivity index (χ1n) is 6.78. The number of methoxy groups -OCH3 is 1. The quantitative estimate of drug-likeness (QED) is 0.895. The zero-order valence-corrected chi connectivity index (χ0v) is 14.2. The molecule has 0 saturated heterocycles. The van der Waals surface area contributed by atoms with Crippen molar-refractivity contribution in [3.05, 3.63) is 39.9 Å². The number of ether oxygens (including phenoxy) is 1. The van der Waals surface area contributed by atoms with Gasteiger partial charge in [-0.25, -0.2) is 15.0 Å². The molecule has 0 aliphatic heterocycles. The SMILES string of the molecule is CNc1nc(Cc2ccc(OC)nc2)nc(C(C)C)c1Br. The van der Waals surface area contributed by atoms with E-state index in [1.54, 1.807) is 13.3 Å². The number of nitrogens with zero attached hydrogens (tertiary/aromatic N) is 3. The Kier molecular flexibility index (Phi) is 5.12. The molecule has 0 unspecified atom stereocenters. The Morgan fingerprint density at radius 3 is 2.57 bits per heavy atom. The number of hydrogen-bond acceptors (Lipinski definition) is 5. The molecule has 5 nitrogen and oxygen atoms in total. The molecule has 6 heteroatoms. The lowest BCUT2D eigenvalue weighted by atomic mass is 10.1. The lowest BCUT2D eigenvalue weighted by molar-refractivity contribution is 0.397. The molecule has 0 aliphatic rings. The van der Waals surface area contributed by atoms with E-state index in [4.69, 9.17) is 4.74 Å². The van der Waals surface area contributed by atoms with Crippen LogP contribution in [0.15, 0.2) is 22.8 Å². The summed E-state index contributed by atoms with van der Waals surface area (Å²) in [5.74, 6) is 2.51. The molecule has 0 aliphatic carbocycles. The molecule has 112 valence electrons. The molecule has 0 fully saturated rings. The lowest BCUT2D eigenvalue weighted by Gasteiger charge is -2.13. The van der Waals surface area contributed by atoms with E-state index in [0.29, 0.717) is 18.2 Å². The molecule has 2 aromatic heterocycles. The molecule has 0 atom stereocenters. The number of hydrogen-bond donors (Lipinski definition) is 1. The fourth-order valence-electron chi connectivity index (χ4n) is 1.96.